The van der Waals surface area contributed by atoms with E-state index in [9.17, 15) is 18.0 Å². The van der Waals surface area contributed by atoms with Crippen molar-refractivity contribution in [1.29, 1.82) is 0 Å². The molecule has 2 aromatic heterocycles. The van der Waals surface area contributed by atoms with Crippen molar-refractivity contribution in [2.45, 2.75) is 26.4 Å². The lowest BCUT2D eigenvalue weighted by molar-refractivity contribution is -0.274. The molecule has 0 aliphatic heterocycles. The van der Waals surface area contributed by atoms with Gasteiger partial charge >= 0.3 is 6.36 Å². The van der Waals surface area contributed by atoms with Crippen LogP contribution >= 0.6 is 0 Å². The maximum Gasteiger partial charge on any atom is 0.573 e. The SMILES string of the molecule is Cc1ncnc2c1c(NCc1cccc(OC(F)(F)F)c1)cc(=O)n2OCc1ccccc1. The monoisotopic (exact) mass is 456 g/mol. The van der Waals surface area contributed by atoms with Gasteiger partial charge in [-0.15, -0.1) is 17.9 Å². The number of nitrogens with zero attached hydrogens (tertiary/aromatic N) is 3. The number of aryl methyl sites for hydroxylation is 1. The summed E-state index contributed by atoms with van der Waals surface area (Å²) in [6.45, 7) is 2.07. The lowest BCUT2D eigenvalue weighted by Gasteiger charge is -2.16. The average Bonchev–Trinajstić information content (AvgIpc) is 2.77. The Hall–Kier alpha value is -4.08. The van der Waals surface area contributed by atoms with E-state index < -0.39 is 11.9 Å². The van der Waals surface area contributed by atoms with Crippen LogP contribution in [0.5, 0.6) is 5.75 Å². The smallest absolute Gasteiger partial charge is 0.406 e. The zero-order chi connectivity index (χ0) is 23.4. The minimum Gasteiger partial charge on any atom is -0.406 e. The molecule has 0 radical (unpaired) electrons. The highest BCUT2D eigenvalue weighted by atomic mass is 19.4. The molecular formula is C23H19F3N4O3. The molecular weight excluding hydrogens is 437 g/mol. The number of anilines is 1. The minimum atomic E-state index is -4.78. The Morgan fingerprint density at radius 1 is 1.00 bits per heavy atom. The molecule has 0 saturated heterocycles. The predicted molar refractivity (Wildman–Crippen MR) is 116 cm³/mol. The highest BCUT2D eigenvalue weighted by Crippen LogP contribution is 2.25. The van der Waals surface area contributed by atoms with E-state index in [4.69, 9.17) is 4.84 Å². The second-order valence-electron chi connectivity index (χ2n) is 7.16. The van der Waals surface area contributed by atoms with Crippen LogP contribution in [-0.4, -0.2) is 21.1 Å². The second kappa shape index (κ2) is 9.19. The summed E-state index contributed by atoms with van der Waals surface area (Å²) in [5.74, 6) is -0.323. The molecule has 0 fully saturated rings. The molecule has 0 aliphatic rings. The molecule has 0 amide bonds. The first-order valence-electron chi connectivity index (χ1n) is 9.93. The van der Waals surface area contributed by atoms with E-state index in [2.05, 4.69) is 20.0 Å². The van der Waals surface area contributed by atoms with Gasteiger partial charge in [-0.2, -0.15) is 0 Å². The molecule has 10 heteroatoms. The highest BCUT2D eigenvalue weighted by molar-refractivity contribution is 5.90. The highest BCUT2D eigenvalue weighted by Gasteiger charge is 2.31. The molecule has 4 aromatic rings. The van der Waals surface area contributed by atoms with Gasteiger partial charge in [-0.05, 0) is 30.2 Å². The van der Waals surface area contributed by atoms with Crippen LogP contribution in [0.15, 0.2) is 71.8 Å². The van der Waals surface area contributed by atoms with Crippen LogP contribution < -0.4 is 20.5 Å². The van der Waals surface area contributed by atoms with Crippen LogP contribution in [0.25, 0.3) is 11.0 Å². The molecule has 170 valence electrons. The number of fused-ring (bicyclic) bond motifs is 1. The van der Waals surface area contributed by atoms with Crippen LogP contribution in [0.1, 0.15) is 16.8 Å². The molecule has 0 atom stereocenters. The minimum absolute atomic E-state index is 0.146. The van der Waals surface area contributed by atoms with Crippen molar-refractivity contribution >= 4 is 16.7 Å². The summed E-state index contributed by atoms with van der Waals surface area (Å²) >= 11 is 0. The van der Waals surface area contributed by atoms with Crippen LogP contribution in [0.4, 0.5) is 18.9 Å². The maximum atomic E-state index is 12.8. The molecule has 2 aromatic carbocycles. The van der Waals surface area contributed by atoms with Gasteiger partial charge < -0.3 is 14.9 Å². The van der Waals surface area contributed by atoms with Gasteiger partial charge in [0.1, 0.15) is 18.7 Å². The number of alkyl halides is 3. The molecule has 2 heterocycles. The number of hydrogen-bond acceptors (Lipinski definition) is 6. The molecule has 0 bridgehead atoms. The summed E-state index contributed by atoms with van der Waals surface area (Å²) < 4.78 is 42.6. The Kier molecular flexibility index (Phi) is 6.16. The van der Waals surface area contributed by atoms with Gasteiger partial charge in [0, 0.05) is 12.6 Å². The second-order valence-corrected chi connectivity index (χ2v) is 7.16. The van der Waals surface area contributed by atoms with Gasteiger partial charge in [0.15, 0.2) is 5.65 Å². The number of benzene rings is 2. The van der Waals surface area contributed by atoms with E-state index in [0.29, 0.717) is 22.3 Å². The Morgan fingerprint density at radius 3 is 2.52 bits per heavy atom. The fourth-order valence-electron chi connectivity index (χ4n) is 3.32. The number of pyridine rings is 1. The Morgan fingerprint density at radius 2 is 1.76 bits per heavy atom. The summed E-state index contributed by atoms with van der Waals surface area (Å²) in [6.07, 6.45) is -3.44. The number of halogens is 3. The molecule has 0 aliphatic carbocycles. The van der Waals surface area contributed by atoms with Gasteiger partial charge in [-0.25, -0.2) is 9.97 Å². The van der Waals surface area contributed by atoms with Crippen molar-refractivity contribution in [2.75, 3.05) is 5.32 Å². The summed E-state index contributed by atoms with van der Waals surface area (Å²) in [6, 6.07) is 16.3. The van der Waals surface area contributed by atoms with Crippen LogP contribution in [0, 0.1) is 6.92 Å². The van der Waals surface area contributed by atoms with E-state index in [1.807, 2.05) is 30.3 Å². The summed E-state index contributed by atoms with van der Waals surface area (Å²) in [7, 11) is 0. The standard InChI is InChI=1S/C23H19F3N4O3/c1-15-21-19(27-12-17-8-5-9-18(10-17)33-23(24,25)26)11-20(31)30(22(21)29-14-28-15)32-13-16-6-3-2-4-7-16/h2-11,14,27H,12-13H2,1H3. The molecule has 1 N–H and O–H groups in total. The predicted octanol–water partition coefficient (Wildman–Crippen LogP) is 4.24. The third-order valence-electron chi connectivity index (χ3n) is 4.76. The zero-order valence-electron chi connectivity index (χ0n) is 17.5. The number of rotatable bonds is 7. The Bertz CT molecular complexity index is 1320. The quantitative estimate of drug-likeness (QED) is 0.448. The molecule has 0 saturated carbocycles. The lowest BCUT2D eigenvalue weighted by atomic mass is 10.2. The van der Waals surface area contributed by atoms with Crippen molar-refractivity contribution in [3.8, 4) is 5.75 Å². The van der Waals surface area contributed by atoms with Crippen molar-refractivity contribution < 1.29 is 22.7 Å². The maximum absolute atomic E-state index is 12.8. The fraction of sp³-hybridized carbons (Fsp3) is 0.174. The first-order chi connectivity index (χ1) is 15.8. The molecule has 0 unspecified atom stereocenters. The summed E-state index contributed by atoms with van der Waals surface area (Å²) in [5.41, 5.74) is 2.29. The van der Waals surface area contributed by atoms with Crippen molar-refractivity contribution in [2.24, 2.45) is 0 Å². The van der Waals surface area contributed by atoms with Crippen molar-refractivity contribution in [3.05, 3.63) is 94.2 Å². The van der Waals surface area contributed by atoms with Crippen LogP contribution in [0.3, 0.4) is 0 Å². The number of ether oxygens (including phenoxy) is 1. The number of nitrogens with one attached hydrogen (secondary N) is 1. The zero-order valence-corrected chi connectivity index (χ0v) is 17.5. The summed E-state index contributed by atoms with van der Waals surface area (Å²) in [5, 5.41) is 3.65. The van der Waals surface area contributed by atoms with Crippen LogP contribution in [0.2, 0.25) is 0 Å². The Balaban J connectivity index is 1.61. The number of aromatic nitrogens is 3. The third kappa shape index (κ3) is 5.40. The lowest BCUT2D eigenvalue weighted by Crippen LogP contribution is -2.28. The number of hydrogen-bond donors (Lipinski definition) is 1. The first kappa shape index (κ1) is 22.1. The summed E-state index contributed by atoms with van der Waals surface area (Å²) in [4.78, 5) is 27.0. The normalized spacial score (nSPS) is 11.4. The van der Waals surface area contributed by atoms with Gasteiger partial charge in [0.25, 0.3) is 5.56 Å². The molecule has 33 heavy (non-hydrogen) atoms. The van der Waals surface area contributed by atoms with Crippen molar-refractivity contribution in [3.63, 3.8) is 0 Å². The van der Waals surface area contributed by atoms with Crippen LogP contribution in [-0.2, 0) is 13.2 Å². The third-order valence-corrected chi connectivity index (χ3v) is 4.76. The Labute approximate surface area is 186 Å². The fourth-order valence-corrected chi connectivity index (χ4v) is 3.32. The molecule has 4 rings (SSSR count). The van der Waals surface area contributed by atoms with Gasteiger partial charge in [-0.1, -0.05) is 42.5 Å². The van der Waals surface area contributed by atoms with E-state index in [1.165, 1.54) is 30.6 Å². The topological polar surface area (TPSA) is 78.3 Å². The first-order valence-corrected chi connectivity index (χ1v) is 9.93. The van der Waals surface area contributed by atoms with E-state index >= 15 is 0 Å². The van der Waals surface area contributed by atoms with Gasteiger partial charge in [0.2, 0.25) is 0 Å². The van der Waals surface area contributed by atoms with E-state index in [-0.39, 0.29) is 24.5 Å². The largest absolute Gasteiger partial charge is 0.573 e. The van der Waals surface area contributed by atoms with Crippen molar-refractivity contribution in [1.82, 2.24) is 14.7 Å². The van der Waals surface area contributed by atoms with E-state index in [1.54, 1.807) is 13.0 Å². The van der Waals surface area contributed by atoms with Gasteiger partial charge in [-0.3, -0.25) is 4.79 Å². The molecule has 7 nitrogen and oxygen atoms in total. The van der Waals surface area contributed by atoms with E-state index in [0.717, 1.165) is 10.3 Å². The van der Waals surface area contributed by atoms with Gasteiger partial charge in [0.05, 0.1) is 16.8 Å². The average molecular weight is 456 g/mol. The molecule has 0 spiro atoms.